The highest BCUT2D eigenvalue weighted by Crippen LogP contribution is 2.53. The van der Waals surface area contributed by atoms with E-state index < -0.39 is 17.2 Å². The molecule has 0 aliphatic rings. The predicted octanol–water partition coefficient (Wildman–Crippen LogP) is 6.81. The van der Waals surface area contributed by atoms with Crippen molar-refractivity contribution in [1.82, 2.24) is 0 Å². The van der Waals surface area contributed by atoms with Crippen molar-refractivity contribution in [3.8, 4) is 11.5 Å². The van der Waals surface area contributed by atoms with Crippen LogP contribution < -0.4 is 9.05 Å². The minimum absolute atomic E-state index is 0.160. The average Bonchev–Trinajstić information content (AvgIpc) is 2.51. The Kier molecular flexibility index (Phi) is 7.70. The monoisotopic (exact) mass is 438 g/mol. The maximum atomic E-state index is 9.50. The second kappa shape index (κ2) is 9.29. The lowest BCUT2D eigenvalue weighted by molar-refractivity contribution is 0.329. The van der Waals surface area contributed by atoms with Crippen LogP contribution in [0.15, 0.2) is 36.4 Å². The maximum Gasteiger partial charge on any atom is 0.470 e. The summed E-state index contributed by atoms with van der Waals surface area (Å²) in [5, 5.41) is 0. The maximum absolute atomic E-state index is 9.50. The number of hydrogen-bond donors (Lipinski definition) is 2. The van der Waals surface area contributed by atoms with Crippen LogP contribution in [-0.4, -0.2) is 9.79 Å². The molecule has 2 aromatic carbocycles. The van der Waals surface area contributed by atoms with E-state index in [9.17, 15) is 9.79 Å². The summed E-state index contributed by atoms with van der Waals surface area (Å²) in [6.07, 6.45) is 0. The molecule has 2 rings (SSSR count). The first-order chi connectivity index (χ1) is 13.3. The van der Waals surface area contributed by atoms with E-state index in [0.717, 1.165) is 22.3 Å². The van der Waals surface area contributed by atoms with Gasteiger partial charge in [0.15, 0.2) is 0 Å². The summed E-state index contributed by atoms with van der Waals surface area (Å²) >= 11 is 0. The number of hydrogen-bond acceptors (Lipinski definition) is 5. The van der Waals surface area contributed by atoms with Crippen LogP contribution in [0.2, 0.25) is 0 Å². The molecule has 0 saturated carbocycles. The molecule has 0 bridgehead atoms. The normalized spacial score (nSPS) is 12.6. The molecule has 0 amide bonds. The molecule has 160 valence electrons. The smallest absolute Gasteiger partial charge is 0.417 e. The Morgan fingerprint density at radius 3 is 1.38 bits per heavy atom. The van der Waals surface area contributed by atoms with Crippen molar-refractivity contribution in [2.75, 3.05) is 0 Å². The molecule has 0 spiro atoms. The molecule has 0 heterocycles. The van der Waals surface area contributed by atoms with Crippen molar-refractivity contribution in [2.45, 2.75) is 66.2 Å². The zero-order chi connectivity index (χ0) is 22.0. The van der Waals surface area contributed by atoms with Gasteiger partial charge in [0.2, 0.25) is 0 Å². The Bertz CT molecular complexity index is 773. The van der Waals surface area contributed by atoms with Crippen molar-refractivity contribution in [3.05, 3.63) is 58.7 Å². The largest absolute Gasteiger partial charge is 0.470 e. The first-order valence-electron chi connectivity index (χ1n) is 9.51. The lowest BCUT2D eigenvalue weighted by atomic mass is 9.86. The fraction of sp³-hybridized carbons (Fsp3) is 0.455. The summed E-state index contributed by atoms with van der Waals surface area (Å²) in [6.45, 7) is 16.5. The van der Waals surface area contributed by atoms with E-state index in [1.165, 1.54) is 0 Å². The Labute approximate surface area is 177 Å². The van der Waals surface area contributed by atoms with Crippen molar-refractivity contribution >= 4 is 17.2 Å². The van der Waals surface area contributed by atoms with E-state index in [0.29, 0.717) is 11.5 Å². The van der Waals surface area contributed by atoms with E-state index in [2.05, 4.69) is 41.5 Å². The summed E-state index contributed by atoms with van der Waals surface area (Å²) in [4.78, 5) is 19.0. The highest BCUT2D eigenvalue weighted by atomic mass is 31.2. The molecule has 2 N–H and O–H groups in total. The Balaban J connectivity index is 2.43. The molecule has 2 aromatic rings. The lowest BCUT2D eigenvalue weighted by Crippen LogP contribution is -2.15. The molecule has 0 fully saturated rings. The lowest BCUT2D eigenvalue weighted by Gasteiger charge is -2.27. The van der Waals surface area contributed by atoms with Crippen LogP contribution in [0.3, 0.4) is 0 Å². The molecular formula is C22H32O5P2. The van der Waals surface area contributed by atoms with Gasteiger partial charge in [-0.15, -0.1) is 0 Å². The van der Waals surface area contributed by atoms with Gasteiger partial charge < -0.3 is 18.8 Å². The van der Waals surface area contributed by atoms with Gasteiger partial charge in [0.1, 0.15) is 11.5 Å². The van der Waals surface area contributed by atoms with E-state index in [4.69, 9.17) is 13.4 Å². The van der Waals surface area contributed by atoms with Crippen LogP contribution in [0.4, 0.5) is 0 Å². The SMILES string of the molecule is Cc1ccc(C(C)(C)C)c(OP(Oc2cc(C)ccc2C(C)(C)C)OP(O)O)c1. The van der Waals surface area contributed by atoms with Gasteiger partial charge >= 0.3 is 17.2 Å². The molecule has 0 aliphatic heterocycles. The average molecular weight is 438 g/mol. The molecule has 7 heteroatoms. The van der Waals surface area contributed by atoms with Gasteiger partial charge in [-0.3, -0.25) is 0 Å². The molecule has 0 saturated heterocycles. The molecule has 0 aliphatic carbocycles. The van der Waals surface area contributed by atoms with Crippen molar-refractivity contribution in [2.24, 2.45) is 0 Å². The number of benzene rings is 2. The summed E-state index contributed by atoms with van der Waals surface area (Å²) in [7, 11) is -4.72. The predicted molar refractivity (Wildman–Crippen MR) is 120 cm³/mol. The molecule has 29 heavy (non-hydrogen) atoms. The minimum atomic E-state index is -2.64. The zero-order valence-electron chi connectivity index (χ0n) is 18.5. The molecular weight excluding hydrogens is 406 g/mol. The van der Waals surface area contributed by atoms with Crippen LogP contribution in [0.1, 0.15) is 63.8 Å². The fourth-order valence-corrected chi connectivity index (χ4v) is 4.33. The number of aryl methyl sites for hydroxylation is 2. The van der Waals surface area contributed by atoms with Gasteiger partial charge in [0, 0.05) is 11.1 Å². The van der Waals surface area contributed by atoms with Crippen LogP contribution in [-0.2, 0) is 15.1 Å². The second-order valence-corrected chi connectivity index (χ2v) is 11.2. The topological polar surface area (TPSA) is 68.2 Å². The van der Waals surface area contributed by atoms with Gasteiger partial charge in [-0.1, -0.05) is 65.8 Å². The van der Waals surface area contributed by atoms with Crippen molar-refractivity contribution in [3.63, 3.8) is 0 Å². The van der Waals surface area contributed by atoms with Crippen LogP contribution in [0.25, 0.3) is 0 Å². The van der Waals surface area contributed by atoms with Gasteiger partial charge in [-0.05, 0) is 47.9 Å². The second-order valence-electron chi connectivity index (χ2n) is 9.24. The van der Waals surface area contributed by atoms with E-state index in [-0.39, 0.29) is 10.8 Å². The summed E-state index contributed by atoms with van der Waals surface area (Å²) in [5.41, 5.74) is 3.72. The Hall–Kier alpha value is -1.22. The third-order valence-corrected chi connectivity index (χ3v) is 6.18. The highest BCUT2D eigenvalue weighted by Gasteiger charge is 2.29. The molecule has 0 radical (unpaired) electrons. The summed E-state index contributed by atoms with van der Waals surface area (Å²) < 4.78 is 17.5. The fourth-order valence-electron chi connectivity index (χ4n) is 2.92. The van der Waals surface area contributed by atoms with Crippen LogP contribution in [0.5, 0.6) is 11.5 Å². The minimum Gasteiger partial charge on any atom is -0.417 e. The van der Waals surface area contributed by atoms with Gasteiger partial charge in [-0.2, -0.15) is 0 Å². The molecule has 5 nitrogen and oxygen atoms in total. The van der Waals surface area contributed by atoms with E-state index in [1.807, 2.05) is 50.2 Å². The van der Waals surface area contributed by atoms with Gasteiger partial charge in [0.05, 0.1) is 0 Å². The van der Waals surface area contributed by atoms with E-state index >= 15 is 0 Å². The van der Waals surface area contributed by atoms with Crippen LogP contribution >= 0.6 is 17.2 Å². The number of rotatable bonds is 6. The molecule has 0 aromatic heterocycles. The van der Waals surface area contributed by atoms with Crippen molar-refractivity contribution < 1.29 is 23.1 Å². The Morgan fingerprint density at radius 1 is 0.690 bits per heavy atom. The highest BCUT2D eigenvalue weighted by molar-refractivity contribution is 7.55. The van der Waals surface area contributed by atoms with E-state index in [1.54, 1.807) is 0 Å². The first-order valence-corrected chi connectivity index (χ1v) is 11.8. The molecule has 0 unspecified atom stereocenters. The Morgan fingerprint density at radius 2 is 1.07 bits per heavy atom. The van der Waals surface area contributed by atoms with Crippen LogP contribution in [0, 0.1) is 13.8 Å². The van der Waals surface area contributed by atoms with Crippen molar-refractivity contribution in [1.29, 1.82) is 0 Å². The quantitative estimate of drug-likeness (QED) is 0.485. The van der Waals surface area contributed by atoms with Gasteiger partial charge in [-0.25, -0.2) is 4.31 Å². The third kappa shape index (κ3) is 6.91. The summed E-state index contributed by atoms with van der Waals surface area (Å²) in [5.74, 6) is 1.23. The zero-order valence-corrected chi connectivity index (χ0v) is 20.3. The molecule has 0 atom stereocenters. The van der Waals surface area contributed by atoms with Gasteiger partial charge in [0.25, 0.3) is 0 Å². The third-order valence-electron chi connectivity index (χ3n) is 4.38. The standard InChI is InChI=1S/C22H32O5P2/c1-15-9-11-17(21(3,4)5)19(13-15)25-29(27-28(23)24)26-20-14-16(2)10-12-18(20)22(6,7)8/h9-14,23-24H,1-8H3. The first kappa shape index (κ1) is 24.1. The summed E-state index contributed by atoms with van der Waals surface area (Å²) in [6, 6.07) is 11.9.